The van der Waals surface area contributed by atoms with E-state index in [1.54, 1.807) is 0 Å². The van der Waals surface area contributed by atoms with Crippen molar-refractivity contribution in [3.63, 3.8) is 0 Å². The second-order valence-corrected chi connectivity index (χ2v) is 6.06. The summed E-state index contributed by atoms with van der Waals surface area (Å²) in [5.41, 5.74) is 5.88. The Morgan fingerprint density at radius 1 is 1.60 bits per heavy atom. The fourth-order valence-electron chi connectivity index (χ4n) is 2.21. The monoisotopic (exact) mass is 364 g/mol. The summed E-state index contributed by atoms with van der Waals surface area (Å²) in [4.78, 5) is 16.1. The van der Waals surface area contributed by atoms with E-state index < -0.39 is 23.1 Å². The molecular formula is C10H13BrN4O4S. The molecule has 0 aromatic carbocycles. The van der Waals surface area contributed by atoms with Crippen LogP contribution >= 0.6 is 15.9 Å². The zero-order valence-corrected chi connectivity index (χ0v) is 12.7. The van der Waals surface area contributed by atoms with Crippen LogP contribution in [0.1, 0.15) is 12.8 Å². The van der Waals surface area contributed by atoms with Crippen LogP contribution in [0.15, 0.2) is 16.7 Å². The number of anilines is 2. The number of halogens is 1. The summed E-state index contributed by atoms with van der Waals surface area (Å²) < 4.78 is 24.7. The molecule has 1 fully saturated rings. The SMILES string of the molecule is Nc1ncc(Br)cc1N(C1CCCN1C(=O)O)[SH](=O)=O. The molecule has 1 aromatic rings. The molecule has 0 bridgehead atoms. The lowest BCUT2D eigenvalue weighted by Crippen LogP contribution is -2.46. The first kappa shape index (κ1) is 14.9. The lowest BCUT2D eigenvalue weighted by Gasteiger charge is -2.31. The van der Waals surface area contributed by atoms with Crippen molar-refractivity contribution in [3.8, 4) is 0 Å². The standard InChI is InChI=1S/C10H13BrN4O4S/c11-6-4-7(9(12)13-5-6)15(20(18)19)8-2-1-3-14(8)10(16)17/h4-5,8,20H,1-3H2,(H2,12,13)(H,16,17). The number of thiol groups is 1. The topological polar surface area (TPSA) is 117 Å². The summed E-state index contributed by atoms with van der Waals surface area (Å²) in [6.07, 6.45) is 0.515. The Labute approximate surface area is 125 Å². The van der Waals surface area contributed by atoms with Crippen molar-refractivity contribution < 1.29 is 18.3 Å². The molecule has 0 aliphatic carbocycles. The van der Waals surface area contributed by atoms with Crippen LogP contribution in [-0.4, -0.2) is 42.2 Å². The van der Waals surface area contributed by atoms with Crippen molar-refractivity contribution in [2.75, 3.05) is 16.6 Å². The number of aromatic nitrogens is 1. The molecule has 8 nitrogen and oxygen atoms in total. The molecule has 1 atom stereocenters. The highest BCUT2D eigenvalue weighted by Crippen LogP contribution is 2.31. The van der Waals surface area contributed by atoms with E-state index in [2.05, 4.69) is 20.9 Å². The molecule has 0 spiro atoms. The lowest BCUT2D eigenvalue weighted by molar-refractivity contribution is 0.142. The van der Waals surface area contributed by atoms with Crippen LogP contribution < -0.4 is 10.0 Å². The van der Waals surface area contributed by atoms with E-state index in [4.69, 9.17) is 10.8 Å². The smallest absolute Gasteiger partial charge is 0.408 e. The van der Waals surface area contributed by atoms with Crippen LogP contribution in [0.25, 0.3) is 0 Å². The number of hydrogen-bond acceptors (Lipinski definition) is 5. The minimum Gasteiger partial charge on any atom is -0.465 e. The van der Waals surface area contributed by atoms with Gasteiger partial charge in [0.05, 0.1) is 5.69 Å². The Morgan fingerprint density at radius 3 is 2.90 bits per heavy atom. The molecular weight excluding hydrogens is 352 g/mol. The van der Waals surface area contributed by atoms with Gasteiger partial charge in [0.15, 0.2) is 0 Å². The maximum absolute atomic E-state index is 11.6. The third-order valence-electron chi connectivity index (χ3n) is 3.04. The average molecular weight is 365 g/mol. The van der Waals surface area contributed by atoms with Gasteiger partial charge >= 0.3 is 6.09 Å². The van der Waals surface area contributed by atoms with Crippen LogP contribution in [0.5, 0.6) is 0 Å². The maximum Gasteiger partial charge on any atom is 0.408 e. The van der Waals surface area contributed by atoms with Crippen molar-refractivity contribution in [2.45, 2.75) is 19.0 Å². The molecule has 1 amide bonds. The Hall–Kier alpha value is -1.55. The molecule has 1 aliphatic heterocycles. The van der Waals surface area contributed by atoms with Crippen molar-refractivity contribution in [3.05, 3.63) is 16.7 Å². The zero-order valence-electron chi connectivity index (χ0n) is 10.3. The molecule has 2 rings (SSSR count). The van der Waals surface area contributed by atoms with Gasteiger partial charge in [-0.25, -0.2) is 22.5 Å². The number of carboxylic acid groups (broad SMARTS) is 1. The van der Waals surface area contributed by atoms with Crippen molar-refractivity contribution >= 4 is 44.4 Å². The van der Waals surface area contributed by atoms with E-state index in [0.29, 0.717) is 23.9 Å². The van der Waals surface area contributed by atoms with Crippen LogP contribution in [-0.2, 0) is 10.9 Å². The molecule has 20 heavy (non-hydrogen) atoms. The average Bonchev–Trinajstić information content (AvgIpc) is 2.82. The van der Waals surface area contributed by atoms with Gasteiger partial charge in [-0.05, 0) is 34.8 Å². The highest BCUT2D eigenvalue weighted by Gasteiger charge is 2.36. The normalized spacial score (nSPS) is 18.5. The first-order valence-electron chi connectivity index (χ1n) is 5.76. The highest BCUT2D eigenvalue weighted by molar-refractivity contribution is 9.10. The fraction of sp³-hybridized carbons (Fsp3) is 0.400. The van der Waals surface area contributed by atoms with Gasteiger partial charge in [-0.15, -0.1) is 0 Å². The number of pyridine rings is 1. The van der Waals surface area contributed by atoms with Crippen LogP contribution in [0.2, 0.25) is 0 Å². The number of carbonyl (C=O) groups is 1. The number of nitrogens with zero attached hydrogens (tertiary/aromatic N) is 3. The van der Waals surface area contributed by atoms with Crippen LogP contribution in [0.4, 0.5) is 16.3 Å². The Bertz CT molecular complexity index is 601. The summed E-state index contributed by atoms with van der Waals surface area (Å²) in [6, 6.07) is 1.51. The minimum absolute atomic E-state index is 0.0321. The summed E-state index contributed by atoms with van der Waals surface area (Å²) in [5.74, 6) is 0.0321. The molecule has 3 N–H and O–H groups in total. The Balaban J connectivity index is 2.46. The summed E-state index contributed by atoms with van der Waals surface area (Å²) in [5, 5.41) is 9.13. The number of likely N-dealkylation sites (tertiary alicyclic amines) is 1. The van der Waals surface area contributed by atoms with E-state index in [1.807, 2.05) is 0 Å². The molecule has 110 valence electrons. The predicted octanol–water partition coefficient (Wildman–Crippen LogP) is 0.859. The van der Waals surface area contributed by atoms with Gasteiger partial charge < -0.3 is 10.8 Å². The molecule has 2 heterocycles. The number of nitrogens with two attached hydrogens (primary N) is 1. The Morgan fingerprint density at radius 2 is 2.30 bits per heavy atom. The maximum atomic E-state index is 11.6. The quantitative estimate of drug-likeness (QED) is 0.684. The lowest BCUT2D eigenvalue weighted by atomic mass is 10.3. The van der Waals surface area contributed by atoms with Gasteiger partial charge in [0, 0.05) is 17.2 Å². The van der Waals surface area contributed by atoms with Crippen molar-refractivity contribution in [1.29, 1.82) is 0 Å². The molecule has 0 radical (unpaired) electrons. The van der Waals surface area contributed by atoms with Crippen molar-refractivity contribution in [1.82, 2.24) is 9.88 Å². The van der Waals surface area contributed by atoms with Gasteiger partial charge in [-0.3, -0.25) is 4.90 Å². The zero-order chi connectivity index (χ0) is 14.9. The van der Waals surface area contributed by atoms with E-state index >= 15 is 0 Å². The predicted molar refractivity (Wildman–Crippen MR) is 76.9 cm³/mol. The molecule has 0 saturated carbocycles. The summed E-state index contributed by atoms with van der Waals surface area (Å²) >= 11 is 3.19. The van der Waals surface area contributed by atoms with Gasteiger partial charge in [-0.2, -0.15) is 0 Å². The molecule has 1 aromatic heterocycles. The molecule has 1 saturated heterocycles. The van der Waals surface area contributed by atoms with Gasteiger partial charge in [-0.1, -0.05) is 0 Å². The first-order chi connectivity index (χ1) is 9.41. The first-order valence-corrected chi connectivity index (χ1v) is 7.68. The van der Waals surface area contributed by atoms with Gasteiger partial charge in [0.1, 0.15) is 12.0 Å². The van der Waals surface area contributed by atoms with E-state index in [9.17, 15) is 13.2 Å². The number of hydrogen-bond donors (Lipinski definition) is 3. The number of rotatable bonds is 3. The number of nitrogen functional groups attached to an aromatic ring is 1. The highest BCUT2D eigenvalue weighted by atomic mass is 79.9. The number of amides is 1. The van der Waals surface area contributed by atoms with E-state index in [0.717, 1.165) is 9.21 Å². The second kappa shape index (κ2) is 5.83. The second-order valence-electron chi connectivity index (χ2n) is 4.24. The largest absolute Gasteiger partial charge is 0.465 e. The Kier molecular flexibility index (Phi) is 4.33. The van der Waals surface area contributed by atoms with Gasteiger partial charge in [0.25, 0.3) is 0 Å². The molecule has 10 heteroatoms. The van der Waals surface area contributed by atoms with Crippen molar-refractivity contribution in [2.24, 2.45) is 0 Å². The summed E-state index contributed by atoms with van der Waals surface area (Å²) in [7, 11) is -3.04. The minimum atomic E-state index is -3.04. The third-order valence-corrected chi connectivity index (χ3v) is 4.30. The summed E-state index contributed by atoms with van der Waals surface area (Å²) in [6.45, 7) is 0.293. The third kappa shape index (κ3) is 2.80. The molecule has 1 aliphatic rings. The molecule has 1 unspecified atom stereocenters. The van der Waals surface area contributed by atoms with Gasteiger partial charge in [0.2, 0.25) is 10.9 Å². The van der Waals surface area contributed by atoms with E-state index in [1.165, 1.54) is 12.3 Å². The van der Waals surface area contributed by atoms with Crippen LogP contribution in [0, 0.1) is 0 Å². The van der Waals surface area contributed by atoms with E-state index in [-0.39, 0.29) is 11.5 Å². The fourth-order valence-corrected chi connectivity index (χ4v) is 3.32. The van der Waals surface area contributed by atoms with Crippen LogP contribution in [0.3, 0.4) is 0 Å².